The Bertz CT molecular complexity index is 1150. The van der Waals surface area contributed by atoms with Crippen LogP contribution in [0.3, 0.4) is 0 Å². The lowest BCUT2D eigenvalue weighted by atomic mass is 9.99. The number of aliphatic imine (C=N–C) groups is 1. The average molecular weight is 423 g/mol. The number of aromatic nitrogens is 3. The molecule has 30 heavy (non-hydrogen) atoms. The number of hydrogen-bond acceptors (Lipinski definition) is 6. The van der Waals surface area contributed by atoms with Crippen LogP contribution in [0.5, 0.6) is 0 Å². The van der Waals surface area contributed by atoms with E-state index in [-0.39, 0.29) is 12.2 Å². The van der Waals surface area contributed by atoms with E-state index in [0.717, 1.165) is 18.7 Å². The van der Waals surface area contributed by atoms with E-state index in [1.165, 1.54) is 12.1 Å². The quantitative estimate of drug-likeness (QED) is 0.270. The molecule has 152 valence electrons. The fraction of sp³-hybridized carbons (Fsp3) is 0.190. The fourth-order valence-corrected chi connectivity index (χ4v) is 3.62. The Morgan fingerprint density at radius 1 is 1.23 bits per heavy atom. The number of nitrogens with zero attached hydrogens (tertiary/aromatic N) is 5. The van der Waals surface area contributed by atoms with Crippen LogP contribution in [0.4, 0.5) is 5.69 Å². The van der Waals surface area contributed by atoms with Gasteiger partial charge in [-0.3, -0.25) is 19.7 Å². The summed E-state index contributed by atoms with van der Waals surface area (Å²) in [6, 6.07) is 12.0. The Kier molecular flexibility index (Phi) is 5.69. The summed E-state index contributed by atoms with van der Waals surface area (Å²) in [5, 5.41) is 23.9. The number of halogens is 1. The molecule has 2 aromatic carbocycles. The summed E-state index contributed by atoms with van der Waals surface area (Å²) < 4.78 is 1.91. The second kappa shape index (κ2) is 8.56. The van der Waals surface area contributed by atoms with Gasteiger partial charge in [0.1, 0.15) is 6.54 Å². The van der Waals surface area contributed by atoms with Gasteiger partial charge < -0.3 is 5.32 Å². The number of benzene rings is 2. The zero-order valence-corrected chi connectivity index (χ0v) is 16.8. The van der Waals surface area contributed by atoms with E-state index < -0.39 is 4.92 Å². The van der Waals surface area contributed by atoms with Gasteiger partial charge in [-0.2, -0.15) is 0 Å². The van der Waals surface area contributed by atoms with Crippen molar-refractivity contribution in [2.45, 2.75) is 19.5 Å². The number of non-ortho nitro benzene ring substituents is 1. The van der Waals surface area contributed by atoms with Crippen molar-refractivity contribution in [2.75, 3.05) is 6.54 Å². The Labute approximate surface area is 178 Å². The third-order valence-corrected chi connectivity index (χ3v) is 5.13. The highest BCUT2D eigenvalue weighted by molar-refractivity contribution is 6.35. The first kappa shape index (κ1) is 19.9. The van der Waals surface area contributed by atoms with Crippen molar-refractivity contribution < 1.29 is 4.92 Å². The third-order valence-electron chi connectivity index (χ3n) is 4.80. The highest BCUT2D eigenvalue weighted by Gasteiger charge is 2.25. The first-order valence-electron chi connectivity index (χ1n) is 9.43. The normalized spacial score (nSPS) is 12.5. The maximum atomic E-state index is 11.4. The van der Waals surface area contributed by atoms with Gasteiger partial charge in [-0.25, -0.2) is 0 Å². The predicted octanol–water partition coefficient (Wildman–Crippen LogP) is 3.85. The van der Waals surface area contributed by atoms with Crippen LogP contribution in [-0.2, 0) is 13.1 Å². The minimum Gasteiger partial charge on any atom is -0.310 e. The van der Waals surface area contributed by atoms with Crippen LogP contribution in [0, 0.1) is 10.1 Å². The SMILES string of the molecule is C=CCCNCc1nnc2n1-c1ccc([N+](=O)[O-])cc1C(c1ccccc1Cl)=NC2. The molecule has 0 saturated heterocycles. The monoisotopic (exact) mass is 422 g/mol. The molecular weight excluding hydrogens is 404 g/mol. The van der Waals surface area contributed by atoms with Crippen molar-refractivity contribution >= 4 is 23.0 Å². The molecule has 4 rings (SSSR count). The van der Waals surface area contributed by atoms with Crippen LogP contribution in [0.15, 0.2) is 60.1 Å². The van der Waals surface area contributed by atoms with Gasteiger partial charge >= 0.3 is 0 Å². The van der Waals surface area contributed by atoms with Gasteiger partial charge in [0.25, 0.3) is 5.69 Å². The van der Waals surface area contributed by atoms with Crippen LogP contribution in [0.2, 0.25) is 5.02 Å². The molecule has 2 heterocycles. The number of hydrogen-bond donors (Lipinski definition) is 1. The molecule has 0 radical (unpaired) electrons. The van der Waals surface area contributed by atoms with E-state index in [4.69, 9.17) is 16.6 Å². The summed E-state index contributed by atoms with van der Waals surface area (Å²) in [7, 11) is 0. The lowest BCUT2D eigenvalue weighted by Crippen LogP contribution is -2.18. The van der Waals surface area contributed by atoms with Gasteiger partial charge in [0, 0.05) is 28.3 Å². The van der Waals surface area contributed by atoms with Crippen molar-refractivity contribution in [1.29, 1.82) is 0 Å². The van der Waals surface area contributed by atoms with Gasteiger partial charge in [-0.1, -0.05) is 35.9 Å². The number of nitro benzene ring substituents is 1. The first-order chi connectivity index (χ1) is 14.6. The molecular formula is C21H19ClN6O2. The highest BCUT2D eigenvalue weighted by atomic mass is 35.5. The molecule has 0 saturated carbocycles. The lowest BCUT2D eigenvalue weighted by Gasteiger charge is -2.14. The van der Waals surface area contributed by atoms with E-state index in [0.29, 0.717) is 40.1 Å². The topological polar surface area (TPSA) is 98.2 Å². The molecule has 0 bridgehead atoms. The molecule has 1 aliphatic heterocycles. The molecule has 3 aromatic rings. The van der Waals surface area contributed by atoms with Crippen LogP contribution in [-0.4, -0.2) is 31.9 Å². The van der Waals surface area contributed by atoms with E-state index in [2.05, 4.69) is 22.1 Å². The molecule has 1 N–H and O–H groups in total. The average Bonchev–Trinajstić information content (AvgIpc) is 3.07. The van der Waals surface area contributed by atoms with E-state index in [9.17, 15) is 10.1 Å². The molecule has 0 unspecified atom stereocenters. The maximum absolute atomic E-state index is 11.4. The molecule has 0 aliphatic carbocycles. The van der Waals surface area contributed by atoms with Crippen molar-refractivity contribution in [3.63, 3.8) is 0 Å². The van der Waals surface area contributed by atoms with E-state index >= 15 is 0 Å². The van der Waals surface area contributed by atoms with Crippen LogP contribution >= 0.6 is 11.6 Å². The van der Waals surface area contributed by atoms with Gasteiger partial charge in [0.15, 0.2) is 11.6 Å². The molecule has 9 heteroatoms. The molecule has 0 atom stereocenters. The zero-order valence-electron chi connectivity index (χ0n) is 16.1. The number of nitro groups is 1. The number of fused-ring (bicyclic) bond motifs is 3. The highest BCUT2D eigenvalue weighted by Crippen LogP contribution is 2.31. The van der Waals surface area contributed by atoms with Crippen LogP contribution in [0.25, 0.3) is 5.69 Å². The first-order valence-corrected chi connectivity index (χ1v) is 9.81. The summed E-state index contributed by atoms with van der Waals surface area (Å²) in [5.74, 6) is 1.37. The molecule has 0 spiro atoms. The Balaban J connectivity index is 1.85. The second-order valence-electron chi connectivity index (χ2n) is 6.73. The van der Waals surface area contributed by atoms with Crippen LogP contribution < -0.4 is 5.32 Å². The number of nitrogens with one attached hydrogen (secondary N) is 1. The van der Waals surface area contributed by atoms with Gasteiger partial charge in [-0.15, -0.1) is 16.8 Å². The number of rotatable bonds is 7. The third kappa shape index (κ3) is 3.74. The standard InChI is InChI=1S/C21H19ClN6O2/c1-2-3-10-23-12-19-25-26-20-13-24-21(15-6-4-5-7-17(15)22)16-11-14(28(29)30)8-9-18(16)27(19)20/h2,4-9,11,23H,1,3,10,12-13H2. The summed E-state index contributed by atoms with van der Waals surface area (Å²) in [4.78, 5) is 15.7. The summed E-state index contributed by atoms with van der Waals surface area (Å²) in [5.41, 5.74) is 2.64. The van der Waals surface area contributed by atoms with Crippen molar-refractivity contribution in [3.05, 3.63) is 93.0 Å². The Hall–Kier alpha value is -3.36. The smallest absolute Gasteiger partial charge is 0.270 e. The molecule has 8 nitrogen and oxygen atoms in total. The second-order valence-corrected chi connectivity index (χ2v) is 7.13. The zero-order chi connectivity index (χ0) is 21.1. The van der Waals surface area contributed by atoms with E-state index in [1.807, 2.05) is 28.8 Å². The lowest BCUT2D eigenvalue weighted by molar-refractivity contribution is -0.384. The minimum atomic E-state index is -0.416. The maximum Gasteiger partial charge on any atom is 0.270 e. The molecule has 0 amide bonds. The largest absolute Gasteiger partial charge is 0.310 e. The molecule has 1 aromatic heterocycles. The molecule has 1 aliphatic rings. The Morgan fingerprint density at radius 3 is 2.83 bits per heavy atom. The van der Waals surface area contributed by atoms with Crippen molar-refractivity contribution in [2.24, 2.45) is 4.99 Å². The van der Waals surface area contributed by atoms with E-state index in [1.54, 1.807) is 12.1 Å². The summed E-state index contributed by atoms with van der Waals surface area (Å²) in [6.07, 6.45) is 2.68. The van der Waals surface area contributed by atoms with Crippen LogP contribution in [0.1, 0.15) is 29.2 Å². The summed E-state index contributed by atoms with van der Waals surface area (Å²) in [6.45, 7) is 5.26. The fourth-order valence-electron chi connectivity index (χ4n) is 3.39. The van der Waals surface area contributed by atoms with Gasteiger partial charge in [0.05, 0.1) is 22.9 Å². The van der Waals surface area contributed by atoms with Gasteiger partial charge in [-0.05, 0) is 25.1 Å². The summed E-state index contributed by atoms with van der Waals surface area (Å²) >= 11 is 6.43. The molecule has 0 fully saturated rings. The minimum absolute atomic E-state index is 0.0179. The van der Waals surface area contributed by atoms with Crippen molar-refractivity contribution in [3.8, 4) is 5.69 Å². The predicted molar refractivity (Wildman–Crippen MR) is 115 cm³/mol. The Morgan fingerprint density at radius 2 is 2.07 bits per heavy atom. The van der Waals surface area contributed by atoms with Crippen molar-refractivity contribution in [1.82, 2.24) is 20.1 Å². The van der Waals surface area contributed by atoms with Gasteiger partial charge in [0.2, 0.25) is 0 Å².